The van der Waals surface area contributed by atoms with Crippen LogP contribution in [0.5, 0.6) is 0 Å². The van der Waals surface area contributed by atoms with E-state index in [-0.39, 0.29) is 0 Å². The maximum atomic E-state index is 6.18. The molecule has 0 spiro atoms. The van der Waals surface area contributed by atoms with Crippen LogP contribution in [0.4, 0.5) is 0 Å². The molecular weight excluding hydrogens is 377 g/mol. The molecule has 0 fully saturated rings. The molecule has 2 aromatic carbocycles. The second-order valence-electron chi connectivity index (χ2n) is 6.75. The minimum Gasteiger partial charge on any atom is -0.343 e. The Morgan fingerprint density at radius 2 is 1.78 bits per heavy atom. The first-order valence-corrected chi connectivity index (χ1v) is 10.3. The number of fused-ring (bicyclic) bond motifs is 1. The summed E-state index contributed by atoms with van der Waals surface area (Å²) in [6, 6.07) is 14.4. The molecule has 0 aliphatic heterocycles. The molecule has 1 heterocycles. The van der Waals surface area contributed by atoms with Crippen LogP contribution >= 0.6 is 23.2 Å². The third-order valence-electron chi connectivity index (χ3n) is 5.02. The molecule has 0 bridgehead atoms. The zero-order chi connectivity index (χ0) is 19.2. The van der Waals surface area contributed by atoms with Gasteiger partial charge in [-0.15, -0.1) is 0 Å². The largest absolute Gasteiger partial charge is 0.343 e. The number of hydrogen-bond acceptors (Lipinski definition) is 2. The van der Waals surface area contributed by atoms with Gasteiger partial charge in [0.15, 0.2) is 0 Å². The smallest absolute Gasteiger partial charge is 0.0595 e. The summed E-state index contributed by atoms with van der Waals surface area (Å²) in [5.74, 6) is 0. The number of hydrogen-bond donors (Lipinski definition) is 1. The van der Waals surface area contributed by atoms with E-state index in [0.717, 1.165) is 44.8 Å². The molecule has 3 rings (SSSR count). The van der Waals surface area contributed by atoms with E-state index in [2.05, 4.69) is 59.1 Å². The molecule has 0 amide bonds. The first-order valence-electron chi connectivity index (χ1n) is 9.56. The van der Waals surface area contributed by atoms with Crippen LogP contribution in [0.25, 0.3) is 10.9 Å². The van der Waals surface area contributed by atoms with E-state index < -0.39 is 0 Å². The Bertz CT molecular complexity index is 884. The Morgan fingerprint density at radius 3 is 2.52 bits per heavy atom. The van der Waals surface area contributed by atoms with Crippen LogP contribution in [0.3, 0.4) is 0 Å². The van der Waals surface area contributed by atoms with Crippen LogP contribution in [-0.4, -0.2) is 35.6 Å². The average Bonchev–Trinajstić information content (AvgIpc) is 3.03. The van der Waals surface area contributed by atoms with Crippen molar-refractivity contribution in [2.75, 3.05) is 26.2 Å². The Morgan fingerprint density at radius 1 is 1.00 bits per heavy atom. The number of para-hydroxylation sites is 1. The minimum absolute atomic E-state index is 0.593. The fraction of sp³-hybridized carbons (Fsp3) is 0.364. The van der Waals surface area contributed by atoms with E-state index in [0.29, 0.717) is 10.0 Å². The molecule has 5 heteroatoms. The van der Waals surface area contributed by atoms with Gasteiger partial charge in [-0.3, -0.25) is 0 Å². The van der Waals surface area contributed by atoms with Crippen molar-refractivity contribution in [3.8, 4) is 0 Å². The molecule has 144 valence electrons. The van der Waals surface area contributed by atoms with Gasteiger partial charge in [-0.2, -0.15) is 0 Å². The third-order valence-corrected chi connectivity index (χ3v) is 5.76. The zero-order valence-corrected chi connectivity index (χ0v) is 17.5. The van der Waals surface area contributed by atoms with Crippen molar-refractivity contribution in [1.82, 2.24) is 14.8 Å². The molecule has 3 nitrogen and oxygen atoms in total. The number of nitrogens with one attached hydrogen (secondary N) is 1. The third kappa shape index (κ3) is 5.05. The van der Waals surface area contributed by atoms with Crippen molar-refractivity contribution in [3.05, 3.63) is 69.8 Å². The molecule has 1 aromatic heterocycles. The van der Waals surface area contributed by atoms with E-state index in [4.69, 9.17) is 23.2 Å². The topological polar surface area (TPSA) is 20.2 Å². The summed E-state index contributed by atoms with van der Waals surface area (Å²) < 4.78 is 2.29. The Balaban J connectivity index is 1.74. The quantitative estimate of drug-likeness (QED) is 0.480. The van der Waals surface area contributed by atoms with Gasteiger partial charge >= 0.3 is 0 Å². The molecule has 27 heavy (non-hydrogen) atoms. The fourth-order valence-corrected chi connectivity index (χ4v) is 3.75. The molecule has 0 radical (unpaired) electrons. The second-order valence-corrected chi connectivity index (χ2v) is 7.57. The van der Waals surface area contributed by atoms with Gasteiger partial charge in [0.05, 0.1) is 10.0 Å². The summed E-state index contributed by atoms with van der Waals surface area (Å²) in [6.45, 7) is 10.3. The maximum absolute atomic E-state index is 6.18. The van der Waals surface area contributed by atoms with E-state index in [1.165, 1.54) is 16.5 Å². The van der Waals surface area contributed by atoms with Crippen LogP contribution in [0, 0.1) is 0 Å². The highest BCUT2D eigenvalue weighted by atomic mass is 35.5. The normalized spacial score (nSPS) is 11.6. The Hall–Kier alpha value is -1.52. The Kier molecular flexibility index (Phi) is 7.20. The van der Waals surface area contributed by atoms with Crippen LogP contribution in [-0.2, 0) is 13.1 Å². The van der Waals surface area contributed by atoms with Crippen molar-refractivity contribution in [2.45, 2.75) is 26.9 Å². The summed E-state index contributed by atoms with van der Waals surface area (Å²) in [7, 11) is 0. The van der Waals surface area contributed by atoms with Gasteiger partial charge in [0.25, 0.3) is 0 Å². The highest BCUT2D eigenvalue weighted by Gasteiger charge is 2.09. The summed E-state index contributed by atoms with van der Waals surface area (Å²) in [5.41, 5.74) is 3.71. The fourth-order valence-electron chi connectivity index (χ4n) is 3.43. The monoisotopic (exact) mass is 403 g/mol. The SMILES string of the molecule is CCN(CC)CCNCc1cn(Cc2ccc(Cl)c(Cl)c2)c2ccccc12. The van der Waals surface area contributed by atoms with Gasteiger partial charge in [0, 0.05) is 43.3 Å². The summed E-state index contributed by atoms with van der Waals surface area (Å²) in [6.07, 6.45) is 2.25. The number of benzene rings is 2. The van der Waals surface area contributed by atoms with Crippen LogP contribution in [0.15, 0.2) is 48.7 Å². The molecule has 0 aliphatic carbocycles. The predicted octanol–water partition coefficient (Wildman–Crippen LogP) is 5.43. The molecule has 0 aliphatic rings. The number of halogens is 2. The lowest BCUT2D eigenvalue weighted by Crippen LogP contribution is -2.31. The van der Waals surface area contributed by atoms with E-state index in [1.807, 2.05) is 18.2 Å². The number of rotatable bonds is 9. The first-order chi connectivity index (χ1) is 13.1. The molecular formula is C22H27Cl2N3. The van der Waals surface area contributed by atoms with Crippen LogP contribution < -0.4 is 5.32 Å². The van der Waals surface area contributed by atoms with Crippen molar-refractivity contribution >= 4 is 34.1 Å². The lowest BCUT2D eigenvalue weighted by molar-refractivity contribution is 0.302. The molecule has 3 aromatic rings. The van der Waals surface area contributed by atoms with Crippen molar-refractivity contribution in [3.63, 3.8) is 0 Å². The van der Waals surface area contributed by atoms with Gasteiger partial charge in [0.2, 0.25) is 0 Å². The van der Waals surface area contributed by atoms with Crippen molar-refractivity contribution in [2.24, 2.45) is 0 Å². The van der Waals surface area contributed by atoms with Gasteiger partial charge in [0.1, 0.15) is 0 Å². The van der Waals surface area contributed by atoms with Crippen molar-refractivity contribution in [1.29, 1.82) is 0 Å². The van der Waals surface area contributed by atoms with E-state index in [1.54, 1.807) is 0 Å². The maximum Gasteiger partial charge on any atom is 0.0595 e. The lowest BCUT2D eigenvalue weighted by atomic mass is 10.2. The lowest BCUT2D eigenvalue weighted by Gasteiger charge is -2.17. The van der Waals surface area contributed by atoms with Gasteiger partial charge < -0.3 is 14.8 Å². The Labute approximate surface area is 171 Å². The van der Waals surface area contributed by atoms with E-state index in [9.17, 15) is 0 Å². The molecule has 1 N–H and O–H groups in total. The standard InChI is InChI=1S/C22H27Cl2N3/c1-3-26(4-2)12-11-25-14-18-16-27(22-8-6-5-7-19(18)22)15-17-9-10-20(23)21(24)13-17/h5-10,13,16,25H,3-4,11-12,14-15H2,1-2H3. The molecule has 0 saturated heterocycles. The minimum atomic E-state index is 0.593. The molecule has 0 saturated carbocycles. The first kappa shape index (κ1) is 20.2. The highest BCUT2D eigenvalue weighted by Crippen LogP contribution is 2.26. The highest BCUT2D eigenvalue weighted by molar-refractivity contribution is 6.42. The average molecular weight is 404 g/mol. The molecule has 0 unspecified atom stereocenters. The van der Waals surface area contributed by atoms with Crippen LogP contribution in [0.2, 0.25) is 10.0 Å². The van der Waals surface area contributed by atoms with Gasteiger partial charge in [-0.25, -0.2) is 0 Å². The predicted molar refractivity (Wildman–Crippen MR) is 117 cm³/mol. The summed E-state index contributed by atoms with van der Waals surface area (Å²) >= 11 is 12.2. The van der Waals surface area contributed by atoms with Crippen molar-refractivity contribution < 1.29 is 0 Å². The van der Waals surface area contributed by atoms with Gasteiger partial charge in [-0.1, -0.05) is 61.3 Å². The summed E-state index contributed by atoms with van der Waals surface area (Å²) in [5, 5.41) is 6.09. The molecule has 0 atom stereocenters. The van der Waals surface area contributed by atoms with Crippen LogP contribution in [0.1, 0.15) is 25.0 Å². The number of aromatic nitrogens is 1. The van der Waals surface area contributed by atoms with E-state index >= 15 is 0 Å². The number of nitrogens with zero attached hydrogens (tertiary/aromatic N) is 2. The summed E-state index contributed by atoms with van der Waals surface area (Å²) in [4.78, 5) is 2.43. The van der Waals surface area contributed by atoms with Gasteiger partial charge in [-0.05, 0) is 42.4 Å². The zero-order valence-electron chi connectivity index (χ0n) is 16.0. The second kappa shape index (κ2) is 9.61. The number of likely N-dealkylation sites (N-methyl/N-ethyl adjacent to an activating group) is 1.